The second-order valence-electron chi connectivity index (χ2n) is 7.54. The summed E-state index contributed by atoms with van der Waals surface area (Å²) in [5.74, 6) is -0.249. The zero-order chi connectivity index (χ0) is 24.1. The highest BCUT2D eigenvalue weighted by Crippen LogP contribution is 2.20. The van der Waals surface area contributed by atoms with Crippen molar-refractivity contribution < 1.29 is 14.1 Å². The van der Waals surface area contributed by atoms with Gasteiger partial charge in [-0.1, -0.05) is 54.1 Å². The van der Waals surface area contributed by atoms with Crippen LogP contribution < -0.4 is 5.32 Å². The number of allylic oxidation sites excluding steroid dienone is 1. The first-order valence-corrected chi connectivity index (χ1v) is 10.4. The number of non-ortho nitro benzene ring substituents is 1. The molecule has 0 saturated carbocycles. The third-order valence-corrected chi connectivity index (χ3v) is 4.99. The molecule has 3 aromatic carbocycles. The van der Waals surface area contributed by atoms with E-state index in [0.717, 1.165) is 21.4 Å². The normalized spacial score (nSPS) is 11.0. The van der Waals surface area contributed by atoms with E-state index in [4.69, 9.17) is 0 Å². The summed E-state index contributed by atoms with van der Waals surface area (Å²) < 4.78 is 14.3. The van der Waals surface area contributed by atoms with Gasteiger partial charge in [-0.15, -0.1) is 5.10 Å². The van der Waals surface area contributed by atoms with Crippen LogP contribution in [0.5, 0.6) is 0 Å². The molecule has 8 nitrogen and oxygen atoms in total. The molecular weight excluding hydrogens is 437 g/mol. The van der Waals surface area contributed by atoms with Crippen molar-refractivity contribution in [1.82, 2.24) is 14.8 Å². The Bertz CT molecular complexity index is 1360. The van der Waals surface area contributed by atoms with Gasteiger partial charge in [0.25, 0.3) is 11.6 Å². The second kappa shape index (κ2) is 9.86. The minimum Gasteiger partial charge on any atom is -0.350 e. The Balaban J connectivity index is 1.62. The van der Waals surface area contributed by atoms with Gasteiger partial charge in [0, 0.05) is 30.3 Å². The molecule has 4 aromatic rings. The van der Waals surface area contributed by atoms with Gasteiger partial charge in [0.05, 0.1) is 4.92 Å². The largest absolute Gasteiger partial charge is 0.350 e. The predicted molar refractivity (Wildman–Crippen MR) is 127 cm³/mol. The van der Waals surface area contributed by atoms with E-state index in [-0.39, 0.29) is 17.5 Å². The average Bonchev–Trinajstić information content (AvgIpc) is 3.27. The topological polar surface area (TPSA) is 103 Å². The van der Waals surface area contributed by atoms with Crippen LogP contribution in [0, 0.1) is 22.9 Å². The smallest absolute Gasteiger partial charge is 0.274 e. The number of nitrogens with one attached hydrogen (secondary N) is 1. The average molecular weight is 457 g/mol. The van der Waals surface area contributed by atoms with Crippen molar-refractivity contribution in [3.05, 3.63) is 111 Å². The number of nitrogens with zero attached hydrogens (tertiary/aromatic N) is 4. The van der Waals surface area contributed by atoms with Gasteiger partial charge in [-0.3, -0.25) is 14.9 Å². The summed E-state index contributed by atoms with van der Waals surface area (Å²) in [6.07, 6.45) is 2.75. The lowest BCUT2D eigenvalue weighted by Crippen LogP contribution is -2.14. The van der Waals surface area contributed by atoms with Gasteiger partial charge >= 0.3 is 0 Å². The number of anilines is 1. The van der Waals surface area contributed by atoms with E-state index in [1.165, 1.54) is 36.4 Å². The molecule has 0 atom stereocenters. The maximum atomic E-state index is 13.2. The van der Waals surface area contributed by atoms with Crippen LogP contribution in [-0.4, -0.2) is 25.6 Å². The number of nitro benzene ring substituents is 1. The lowest BCUT2D eigenvalue weighted by Gasteiger charge is -2.06. The number of hydrogen-bond acceptors (Lipinski definition) is 6. The Labute approximate surface area is 194 Å². The summed E-state index contributed by atoms with van der Waals surface area (Å²) in [5, 5.41) is 18.4. The predicted octanol–water partition coefficient (Wildman–Crippen LogP) is 5.27. The summed E-state index contributed by atoms with van der Waals surface area (Å²) in [4.78, 5) is 27.9. The van der Waals surface area contributed by atoms with E-state index < -0.39 is 10.8 Å². The highest BCUT2D eigenvalue weighted by Gasteiger charge is 2.16. The van der Waals surface area contributed by atoms with Crippen LogP contribution in [-0.2, 0) is 6.54 Å². The highest BCUT2D eigenvalue weighted by molar-refractivity contribution is 5.95. The first-order chi connectivity index (χ1) is 16.4. The lowest BCUT2D eigenvalue weighted by atomic mass is 10.1. The SMILES string of the molecule is Cc1ccc(-c2nc(NCc3ccc(F)cc3)n(C(=O)C=Cc3cccc([N+](=O)[O-])c3)n2)cc1. The van der Waals surface area contributed by atoms with E-state index in [2.05, 4.69) is 15.4 Å². The van der Waals surface area contributed by atoms with Crippen LogP contribution in [0.4, 0.5) is 16.0 Å². The Morgan fingerprint density at radius 3 is 2.56 bits per heavy atom. The highest BCUT2D eigenvalue weighted by atomic mass is 19.1. The molecular formula is C25H20FN5O3. The number of halogens is 1. The number of nitro groups is 1. The number of hydrogen-bond donors (Lipinski definition) is 1. The van der Waals surface area contributed by atoms with Crippen LogP contribution in [0.15, 0.2) is 78.9 Å². The molecule has 34 heavy (non-hydrogen) atoms. The number of benzene rings is 3. The molecule has 170 valence electrons. The maximum absolute atomic E-state index is 13.2. The van der Waals surface area contributed by atoms with Crippen LogP contribution in [0.1, 0.15) is 21.5 Å². The molecule has 0 amide bonds. The van der Waals surface area contributed by atoms with Crippen molar-refractivity contribution in [1.29, 1.82) is 0 Å². The lowest BCUT2D eigenvalue weighted by molar-refractivity contribution is -0.384. The molecule has 0 aliphatic heterocycles. The number of aryl methyl sites for hydroxylation is 1. The Morgan fingerprint density at radius 2 is 1.85 bits per heavy atom. The van der Waals surface area contributed by atoms with Gasteiger partial charge < -0.3 is 5.32 Å². The van der Waals surface area contributed by atoms with Crippen LogP contribution >= 0.6 is 0 Å². The maximum Gasteiger partial charge on any atom is 0.274 e. The number of rotatable bonds is 7. The molecule has 0 saturated heterocycles. The van der Waals surface area contributed by atoms with E-state index in [1.807, 2.05) is 31.2 Å². The summed E-state index contributed by atoms with van der Waals surface area (Å²) in [6, 6.07) is 19.5. The second-order valence-corrected chi connectivity index (χ2v) is 7.54. The van der Waals surface area contributed by atoms with Crippen molar-refractivity contribution >= 4 is 23.6 Å². The van der Waals surface area contributed by atoms with Gasteiger partial charge in [-0.05, 0) is 36.3 Å². The van der Waals surface area contributed by atoms with Gasteiger partial charge in [-0.25, -0.2) is 4.39 Å². The first kappa shape index (κ1) is 22.5. The minimum absolute atomic E-state index is 0.0707. The summed E-state index contributed by atoms with van der Waals surface area (Å²) >= 11 is 0. The third kappa shape index (κ3) is 5.39. The molecule has 1 heterocycles. The molecule has 1 N–H and O–H groups in total. The van der Waals surface area contributed by atoms with Crippen LogP contribution in [0.3, 0.4) is 0 Å². The summed E-state index contributed by atoms with van der Waals surface area (Å²) in [6.45, 7) is 2.27. The Hall–Kier alpha value is -4.66. The molecule has 0 aliphatic rings. The molecule has 0 fully saturated rings. The van der Waals surface area contributed by atoms with Crippen molar-refractivity contribution in [3.8, 4) is 11.4 Å². The van der Waals surface area contributed by atoms with Crippen molar-refractivity contribution in [2.24, 2.45) is 0 Å². The molecule has 0 spiro atoms. The van der Waals surface area contributed by atoms with Gasteiger partial charge in [0.15, 0.2) is 5.82 Å². The number of aromatic nitrogens is 3. The minimum atomic E-state index is -0.498. The monoisotopic (exact) mass is 457 g/mol. The van der Waals surface area contributed by atoms with E-state index in [9.17, 15) is 19.3 Å². The fourth-order valence-corrected chi connectivity index (χ4v) is 3.17. The quantitative estimate of drug-likeness (QED) is 0.230. The summed E-state index contributed by atoms with van der Waals surface area (Å²) in [5.41, 5.74) is 3.05. The van der Waals surface area contributed by atoms with Crippen molar-refractivity contribution in [2.45, 2.75) is 13.5 Å². The molecule has 0 bridgehead atoms. The van der Waals surface area contributed by atoms with Gasteiger partial charge in [0.1, 0.15) is 5.82 Å². The first-order valence-electron chi connectivity index (χ1n) is 10.4. The van der Waals surface area contributed by atoms with Gasteiger partial charge in [0.2, 0.25) is 5.95 Å². The molecule has 0 aliphatic carbocycles. The van der Waals surface area contributed by atoms with E-state index >= 15 is 0 Å². The summed E-state index contributed by atoms with van der Waals surface area (Å²) in [7, 11) is 0. The number of carbonyl (C=O) groups excluding carboxylic acids is 1. The molecule has 1 aromatic heterocycles. The zero-order valence-corrected chi connectivity index (χ0v) is 18.2. The molecule has 4 rings (SSSR count). The fourth-order valence-electron chi connectivity index (χ4n) is 3.17. The molecule has 0 unspecified atom stereocenters. The Kier molecular flexibility index (Phi) is 6.54. The molecule has 0 radical (unpaired) electrons. The third-order valence-electron chi connectivity index (χ3n) is 4.99. The fraction of sp³-hybridized carbons (Fsp3) is 0.0800. The standard InChI is InChI=1S/C25H20FN5O3/c1-17-5-10-20(11-6-17)24-28-25(27-16-19-7-12-21(26)13-8-19)30(29-24)23(32)14-9-18-3-2-4-22(15-18)31(33)34/h2-15H,16H2,1H3,(H,27,28,29). The zero-order valence-electron chi connectivity index (χ0n) is 18.2. The van der Waals surface area contributed by atoms with Crippen molar-refractivity contribution in [3.63, 3.8) is 0 Å². The van der Waals surface area contributed by atoms with Gasteiger partial charge in [-0.2, -0.15) is 9.67 Å². The van der Waals surface area contributed by atoms with Crippen LogP contribution in [0.25, 0.3) is 17.5 Å². The number of carbonyl (C=O) groups is 1. The van der Waals surface area contributed by atoms with Crippen molar-refractivity contribution in [2.75, 3.05) is 5.32 Å². The molecule has 9 heteroatoms. The van der Waals surface area contributed by atoms with E-state index in [0.29, 0.717) is 17.9 Å². The van der Waals surface area contributed by atoms with Crippen LogP contribution in [0.2, 0.25) is 0 Å². The van der Waals surface area contributed by atoms with E-state index in [1.54, 1.807) is 24.3 Å². The Morgan fingerprint density at radius 1 is 1.12 bits per heavy atom.